The maximum atomic E-state index is 14.7. The molecule has 0 saturated heterocycles. The quantitative estimate of drug-likeness (QED) is 0.0313. The minimum atomic E-state index is -2.36. The van der Waals surface area contributed by atoms with Crippen LogP contribution in [-0.2, 0) is 42.3 Å². The topological polar surface area (TPSA) is 73.5 Å². The first-order chi connectivity index (χ1) is 21.6. The maximum Gasteiger partial charge on any atom is 2.00 e. The van der Waals surface area contributed by atoms with Gasteiger partial charge in [-0.1, -0.05) is 54.6 Å². The number of nitrogens with zero attached hydrogens (tertiary/aromatic N) is 4. The van der Waals surface area contributed by atoms with Gasteiger partial charge < -0.3 is 52.9 Å². The predicted molar refractivity (Wildman–Crippen MR) is 178 cm³/mol. The number of amidine groups is 2. The summed E-state index contributed by atoms with van der Waals surface area (Å²) in [7, 11) is -0.955. The van der Waals surface area contributed by atoms with Crippen LogP contribution in [0.25, 0.3) is 0 Å². The largest absolute Gasteiger partial charge is 2.00 e. The Bertz CT molecular complexity index is 1660. The SMILES string of the molecule is CNC([S-])=NN=C(C(C)=NN=C([S-])NC[P+](c1ccccc1)(c1ccccc1)c1ccccc1)c1c(F)c(F)c(F)c(F)c1F.[Br-].[Cu+2]. The van der Waals surface area contributed by atoms with Crippen LogP contribution in [0.15, 0.2) is 111 Å². The molecule has 4 aromatic rings. The second-order valence-electron chi connectivity index (χ2n) is 9.29. The van der Waals surface area contributed by atoms with Crippen LogP contribution in [0.2, 0.25) is 0 Å². The summed E-state index contributed by atoms with van der Waals surface area (Å²) in [5.41, 5.74) is -2.47. The monoisotopic (exact) mass is 813 g/mol. The number of hydrogen-bond acceptors (Lipinski definition) is 6. The summed E-state index contributed by atoms with van der Waals surface area (Å²) in [5, 5.41) is 23.6. The van der Waals surface area contributed by atoms with E-state index in [9.17, 15) is 22.0 Å². The average molecular weight is 815 g/mol. The molecule has 47 heavy (non-hydrogen) atoms. The Morgan fingerprint density at radius 3 is 1.40 bits per heavy atom. The second-order valence-corrected chi connectivity index (χ2v) is 13.5. The van der Waals surface area contributed by atoms with Gasteiger partial charge in [0.25, 0.3) is 0 Å². The van der Waals surface area contributed by atoms with Gasteiger partial charge in [0.05, 0.1) is 11.3 Å². The van der Waals surface area contributed by atoms with Crippen LogP contribution in [0, 0.1) is 29.1 Å². The van der Waals surface area contributed by atoms with Gasteiger partial charge in [0.15, 0.2) is 23.3 Å². The molecule has 1 radical (unpaired) electrons. The summed E-state index contributed by atoms with van der Waals surface area (Å²) >= 11 is 10.3. The molecule has 4 rings (SSSR count). The minimum Gasteiger partial charge on any atom is -1.00 e. The zero-order valence-electron chi connectivity index (χ0n) is 24.5. The first kappa shape index (κ1) is 39.9. The summed E-state index contributed by atoms with van der Waals surface area (Å²) in [6, 6.07) is 29.8. The summed E-state index contributed by atoms with van der Waals surface area (Å²) < 4.78 is 71.3. The number of benzene rings is 4. The fourth-order valence-electron chi connectivity index (χ4n) is 4.42. The molecule has 0 aliphatic rings. The van der Waals surface area contributed by atoms with Crippen molar-refractivity contribution in [1.82, 2.24) is 10.6 Å². The molecule has 0 aliphatic carbocycles. The van der Waals surface area contributed by atoms with Gasteiger partial charge in [0.1, 0.15) is 35.2 Å². The Morgan fingerprint density at radius 2 is 1.00 bits per heavy atom. The Kier molecular flexibility index (Phi) is 15.5. The maximum absolute atomic E-state index is 14.7. The number of hydrogen-bond donors (Lipinski definition) is 2. The molecule has 0 fully saturated rings. The van der Waals surface area contributed by atoms with Crippen LogP contribution in [0.5, 0.6) is 0 Å². The smallest absolute Gasteiger partial charge is 1.00 e. The van der Waals surface area contributed by atoms with E-state index in [1.807, 2.05) is 91.0 Å². The van der Waals surface area contributed by atoms with Crippen LogP contribution in [0.3, 0.4) is 0 Å². The van der Waals surface area contributed by atoms with Gasteiger partial charge in [-0.25, -0.2) is 22.0 Å². The molecular formula is C31H25BrCuF5N6PS2. The predicted octanol–water partition coefficient (Wildman–Crippen LogP) is 2.03. The van der Waals surface area contributed by atoms with E-state index in [0.717, 1.165) is 15.9 Å². The van der Waals surface area contributed by atoms with Crippen LogP contribution >= 0.6 is 7.26 Å². The molecule has 4 aromatic carbocycles. The van der Waals surface area contributed by atoms with E-state index in [4.69, 9.17) is 25.3 Å². The first-order valence-corrected chi connectivity index (χ1v) is 16.0. The molecule has 0 atom stereocenters. The molecule has 249 valence electrons. The standard InChI is InChI=1S/C31H26F5N6PS2.BrH.Cu/c1-19(29(40-41-30(44)37-2)23-24(32)26(34)28(36)27(35)25(23)33)39-42-31(45)38-18-43(20-12-6-3-7-13-20,21-14-8-4-9-15-21)22-16-10-5-11-17-22;;/h3-17H,18H2,1-2H3,(H3-,37,38,39,40,41,42,44,45);1H;/q;;+2/p-2. The Morgan fingerprint density at radius 1 is 0.617 bits per heavy atom. The van der Waals surface area contributed by atoms with Crippen molar-refractivity contribution in [1.29, 1.82) is 0 Å². The van der Waals surface area contributed by atoms with Crippen molar-refractivity contribution in [3.63, 3.8) is 0 Å². The Labute approximate surface area is 301 Å². The van der Waals surface area contributed by atoms with Crippen molar-refractivity contribution in [2.24, 2.45) is 20.4 Å². The van der Waals surface area contributed by atoms with E-state index in [1.165, 1.54) is 14.0 Å². The summed E-state index contributed by atoms with van der Waals surface area (Å²) in [6.07, 6.45) is 0.326. The van der Waals surface area contributed by atoms with Gasteiger partial charge in [0.2, 0.25) is 5.82 Å². The molecule has 0 bridgehead atoms. The van der Waals surface area contributed by atoms with E-state index < -0.39 is 47.6 Å². The van der Waals surface area contributed by atoms with Crippen molar-refractivity contribution < 1.29 is 56.0 Å². The molecule has 0 amide bonds. The molecule has 6 nitrogen and oxygen atoms in total. The molecule has 16 heteroatoms. The third kappa shape index (κ3) is 8.98. The molecule has 2 N–H and O–H groups in total. The van der Waals surface area contributed by atoms with E-state index in [1.54, 1.807) is 0 Å². The van der Waals surface area contributed by atoms with Crippen LogP contribution in [0.1, 0.15) is 12.5 Å². The van der Waals surface area contributed by atoms with Gasteiger partial charge >= 0.3 is 17.1 Å². The van der Waals surface area contributed by atoms with E-state index in [2.05, 4.69) is 31.0 Å². The molecule has 0 spiro atoms. The Hall–Kier alpha value is -3.32. The fourth-order valence-corrected chi connectivity index (χ4v) is 8.55. The first-order valence-electron chi connectivity index (χ1n) is 13.2. The van der Waals surface area contributed by atoms with Gasteiger partial charge in [0, 0.05) is 12.2 Å². The van der Waals surface area contributed by atoms with Crippen molar-refractivity contribution >= 4 is 70.2 Å². The molecule has 0 saturated carbocycles. The summed E-state index contributed by atoms with van der Waals surface area (Å²) in [4.78, 5) is 0. The molecule has 0 aromatic heterocycles. The number of nitrogens with one attached hydrogen (secondary N) is 2. The molecule has 0 unspecified atom stereocenters. The van der Waals surface area contributed by atoms with Gasteiger partial charge in [-0.2, -0.15) is 15.3 Å². The zero-order valence-corrected chi connectivity index (χ0v) is 29.5. The summed E-state index contributed by atoms with van der Waals surface area (Å²) in [5.74, 6) is -10.9. The van der Waals surface area contributed by atoms with E-state index >= 15 is 0 Å². The third-order valence-corrected chi connectivity index (χ3v) is 11.3. The van der Waals surface area contributed by atoms with Gasteiger partial charge in [-0.15, -0.1) is 5.10 Å². The van der Waals surface area contributed by atoms with Crippen molar-refractivity contribution in [3.8, 4) is 0 Å². The average Bonchev–Trinajstić information content (AvgIpc) is 3.08. The van der Waals surface area contributed by atoms with Crippen molar-refractivity contribution in [2.45, 2.75) is 6.92 Å². The van der Waals surface area contributed by atoms with Crippen molar-refractivity contribution in [3.05, 3.63) is 126 Å². The normalized spacial score (nSPS) is 12.6. The zero-order chi connectivity index (χ0) is 32.6. The van der Waals surface area contributed by atoms with Gasteiger partial charge in [-0.05, 0) is 48.5 Å². The van der Waals surface area contributed by atoms with Gasteiger partial charge in [-0.3, -0.25) is 0 Å². The molecule has 0 aliphatic heterocycles. The van der Waals surface area contributed by atoms with Crippen LogP contribution < -0.4 is 43.5 Å². The number of halogens is 6. The third-order valence-electron chi connectivity index (χ3n) is 6.59. The summed E-state index contributed by atoms with van der Waals surface area (Å²) in [6.45, 7) is 1.20. The molecular weight excluding hydrogens is 790 g/mol. The number of rotatable bonds is 9. The Balaban J connectivity index is 0.00000384. The second kappa shape index (κ2) is 18.3. The van der Waals surface area contributed by atoms with E-state index in [-0.39, 0.29) is 50.1 Å². The van der Waals surface area contributed by atoms with E-state index in [0.29, 0.717) is 6.29 Å². The van der Waals surface area contributed by atoms with Crippen LogP contribution in [0.4, 0.5) is 22.0 Å². The molecule has 0 heterocycles. The minimum absolute atomic E-state index is 0. The van der Waals surface area contributed by atoms with Crippen LogP contribution in [-0.4, -0.2) is 35.1 Å². The van der Waals surface area contributed by atoms with Crippen molar-refractivity contribution in [2.75, 3.05) is 13.3 Å². The fraction of sp³-hybridized carbons (Fsp3) is 0.0968.